The second-order valence-electron chi connectivity index (χ2n) is 2.75. The van der Waals surface area contributed by atoms with Crippen molar-refractivity contribution >= 4 is 44.6 Å². The van der Waals surface area contributed by atoms with E-state index >= 15 is 0 Å². The van der Waals surface area contributed by atoms with Crippen molar-refractivity contribution in [2.75, 3.05) is 17.7 Å². The summed E-state index contributed by atoms with van der Waals surface area (Å²) in [7, 11) is 0. The van der Waals surface area contributed by atoms with Gasteiger partial charge < -0.3 is 11.5 Å². The number of nitrogen functional groups attached to an aromatic ring is 2. The first kappa shape index (κ1) is 8.72. The molecule has 68 valence electrons. The third-order valence-electron chi connectivity index (χ3n) is 2.00. The molecule has 1 aromatic carbocycles. The largest absolute Gasteiger partial charge is 0.397 e. The minimum absolute atomic E-state index is 0.669. The summed E-state index contributed by atoms with van der Waals surface area (Å²) in [5.74, 6) is 0. The fourth-order valence-corrected chi connectivity index (χ4v) is 3.16. The molecule has 0 amide bonds. The minimum atomic E-state index is 0.669. The molecule has 1 aromatic heterocycles. The summed E-state index contributed by atoms with van der Waals surface area (Å²) in [5.41, 5.74) is 13.0. The van der Waals surface area contributed by atoms with Gasteiger partial charge in [-0.2, -0.15) is 0 Å². The van der Waals surface area contributed by atoms with Gasteiger partial charge in [0.2, 0.25) is 0 Å². The molecule has 4 N–H and O–H groups in total. The van der Waals surface area contributed by atoms with Crippen molar-refractivity contribution in [2.24, 2.45) is 0 Å². The lowest BCUT2D eigenvalue weighted by atomic mass is 10.2. The molecule has 0 aliphatic carbocycles. The van der Waals surface area contributed by atoms with E-state index in [1.165, 1.54) is 10.3 Å². The van der Waals surface area contributed by atoms with E-state index in [9.17, 15) is 0 Å². The molecule has 0 radical (unpaired) electrons. The number of thiophene rings is 1. The van der Waals surface area contributed by atoms with Crippen LogP contribution in [-0.2, 0) is 0 Å². The van der Waals surface area contributed by atoms with E-state index in [1.54, 1.807) is 23.1 Å². The van der Waals surface area contributed by atoms with Crippen molar-refractivity contribution in [1.82, 2.24) is 0 Å². The monoisotopic (exact) mass is 210 g/mol. The van der Waals surface area contributed by atoms with Gasteiger partial charge in [0.15, 0.2) is 0 Å². The highest BCUT2D eigenvalue weighted by Crippen LogP contribution is 2.37. The summed E-state index contributed by atoms with van der Waals surface area (Å²) in [6.45, 7) is 0. The van der Waals surface area contributed by atoms with Crippen molar-refractivity contribution in [2.45, 2.75) is 4.90 Å². The highest BCUT2D eigenvalue weighted by atomic mass is 32.2. The maximum atomic E-state index is 5.86. The lowest BCUT2D eigenvalue weighted by molar-refractivity contribution is 1.65. The zero-order valence-corrected chi connectivity index (χ0v) is 8.84. The number of fused-ring (bicyclic) bond motifs is 1. The number of thioether (sulfide) groups is 1. The van der Waals surface area contributed by atoms with E-state index in [2.05, 4.69) is 11.6 Å². The Balaban J connectivity index is 2.81. The molecule has 0 atom stereocenters. The molecule has 0 aliphatic heterocycles. The number of hydrogen-bond acceptors (Lipinski definition) is 4. The predicted octanol–water partition coefficient (Wildman–Crippen LogP) is 2.79. The molecule has 0 spiro atoms. The Morgan fingerprint density at radius 3 is 2.77 bits per heavy atom. The Morgan fingerprint density at radius 1 is 1.31 bits per heavy atom. The lowest BCUT2D eigenvalue weighted by Gasteiger charge is -2.00. The molecule has 0 fully saturated rings. The number of anilines is 2. The van der Waals surface area contributed by atoms with Crippen LogP contribution in [0.2, 0.25) is 0 Å². The second kappa shape index (κ2) is 3.12. The topological polar surface area (TPSA) is 52.0 Å². The third-order valence-corrected chi connectivity index (χ3v) is 3.95. The standard InChI is InChI=1S/C9H10N2S2/c1-12-7-4-13-9-5(7)2-3-6(10)8(9)11/h2-4H,10-11H2,1H3. The van der Waals surface area contributed by atoms with Crippen molar-refractivity contribution in [1.29, 1.82) is 0 Å². The van der Waals surface area contributed by atoms with Crippen molar-refractivity contribution in [3.63, 3.8) is 0 Å². The maximum absolute atomic E-state index is 5.86. The SMILES string of the molecule is CSc1csc2c(N)c(N)ccc12. The normalized spacial score (nSPS) is 10.8. The van der Waals surface area contributed by atoms with E-state index in [0.29, 0.717) is 11.4 Å². The van der Waals surface area contributed by atoms with Crippen LogP contribution in [0.1, 0.15) is 0 Å². The number of rotatable bonds is 1. The predicted molar refractivity (Wildman–Crippen MR) is 62.4 cm³/mol. The summed E-state index contributed by atoms with van der Waals surface area (Å²) in [5, 5.41) is 3.33. The third kappa shape index (κ3) is 1.26. The Kier molecular flexibility index (Phi) is 2.09. The molecule has 13 heavy (non-hydrogen) atoms. The van der Waals surface area contributed by atoms with Crippen LogP contribution in [-0.4, -0.2) is 6.26 Å². The molecule has 2 rings (SSSR count). The van der Waals surface area contributed by atoms with Gasteiger partial charge in [0.1, 0.15) is 0 Å². The molecular formula is C9H10N2S2. The smallest absolute Gasteiger partial charge is 0.0729 e. The van der Waals surface area contributed by atoms with E-state index in [4.69, 9.17) is 11.5 Å². The van der Waals surface area contributed by atoms with Crippen LogP contribution in [0, 0.1) is 0 Å². The van der Waals surface area contributed by atoms with E-state index in [1.807, 2.05) is 12.1 Å². The zero-order valence-electron chi connectivity index (χ0n) is 7.20. The summed E-state index contributed by atoms with van der Waals surface area (Å²) in [4.78, 5) is 1.27. The van der Waals surface area contributed by atoms with Crippen LogP contribution < -0.4 is 11.5 Å². The molecule has 0 aliphatic rings. The van der Waals surface area contributed by atoms with Crippen molar-refractivity contribution in [3.8, 4) is 0 Å². The first-order chi connectivity index (χ1) is 6.24. The van der Waals surface area contributed by atoms with E-state index in [-0.39, 0.29) is 0 Å². The van der Waals surface area contributed by atoms with Gasteiger partial charge >= 0.3 is 0 Å². The highest BCUT2D eigenvalue weighted by Gasteiger charge is 2.07. The second-order valence-corrected chi connectivity index (χ2v) is 4.48. The minimum Gasteiger partial charge on any atom is -0.397 e. The molecule has 2 aromatic rings. The van der Waals surface area contributed by atoms with Gasteiger partial charge in [-0.25, -0.2) is 0 Å². The fourth-order valence-electron chi connectivity index (χ4n) is 1.27. The molecule has 0 saturated carbocycles. The van der Waals surface area contributed by atoms with Gasteiger partial charge in [-0.3, -0.25) is 0 Å². The molecule has 0 unspecified atom stereocenters. The average molecular weight is 210 g/mol. The summed E-state index contributed by atoms with van der Waals surface area (Å²) in [6.07, 6.45) is 2.06. The van der Waals surface area contributed by atoms with Crippen LogP contribution in [0.5, 0.6) is 0 Å². The van der Waals surface area contributed by atoms with Gasteiger partial charge in [0, 0.05) is 15.7 Å². The number of hydrogen-bond donors (Lipinski definition) is 2. The zero-order chi connectivity index (χ0) is 9.42. The van der Waals surface area contributed by atoms with Crippen LogP contribution in [0.4, 0.5) is 11.4 Å². The van der Waals surface area contributed by atoms with Crippen LogP contribution in [0.15, 0.2) is 22.4 Å². The van der Waals surface area contributed by atoms with Gasteiger partial charge in [-0.15, -0.1) is 23.1 Å². The Bertz CT molecular complexity index is 448. The lowest BCUT2D eigenvalue weighted by Crippen LogP contribution is -1.93. The molecule has 4 heteroatoms. The first-order valence-electron chi connectivity index (χ1n) is 3.83. The van der Waals surface area contributed by atoms with Gasteiger partial charge in [-0.05, 0) is 12.3 Å². The van der Waals surface area contributed by atoms with Gasteiger partial charge in [0.25, 0.3) is 0 Å². The Hall–Kier alpha value is -0.870. The van der Waals surface area contributed by atoms with E-state index < -0.39 is 0 Å². The van der Waals surface area contributed by atoms with Crippen LogP contribution >= 0.6 is 23.1 Å². The average Bonchev–Trinajstić information content (AvgIpc) is 2.55. The quantitative estimate of drug-likeness (QED) is 0.562. The molecule has 0 saturated heterocycles. The molecular weight excluding hydrogens is 200 g/mol. The Labute approximate surface area is 84.9 Å². The highest BCUT2D eigenvalue weighted by molar-refractivity contribution is 7.99. The van der Waals surface area contributed by atoms with Gasteiger partial charge in [0.05, 0.1) is 16.1 Å². The first-order valence-corrected chi connectivity index (χ1v) is 5.93. The fraction of sp³-hybridized carbons (Fsp3) is 0.111. The summed E-state index contributed by atoms with van der Waals surface area (Å²) >= 11 is 3.39. The van der Waals surface area contributed by atoms with Crippen LogP contribution in [0.25, 0.3) is 10.1 Å². The van der Waals surface area contributed by atoms with Crippen molar-refractivity contribution in [3.05, 3.63) is 17.5 Å². The Morgan fingerprint density at radius 2 is 2.08 bits per heavy atom. The maximum Gasteiger partial charge on any atom is 0.0729 e. The number of nitrogens with two attached hydrogens (primary N) is 2. The summed E-state index contributed by atoms with van der Waals surface area (Å²) in [6, 6.07) is 3.90. The van der Waals surface area contributed by atoms with Crippen molar-refractivity contribution < 1.29 is 0 Å². The molecule has 2 nitrogen and oxygen atoms in total. The molecule has 1 heterocycles. The summed E-state index contributed by atoms with van der Waals surface area (Å²) < 4.78 is 1.10. The van der Waals surface area contributed by atoms with Gasteiger partial charge in [-0.1, -0.05) is 6.07 Å². The van der Waals surface area contributed by atoms with Crippen LogP contribution in [0.3, 0.4) is 0 Å². The molecule has 0 bridgehead atoms. The van der Waals surface area contributed by atoms with E-state index in [0.717, 1.165) is 4.70 Å². The number of benzene rings is 1.